The number of amides is 1. The first-order chi connectivity index (χ1) is 10.7. The number of hydrogen-bond acceptors (Lipinski definition) is 3. The van der Waals surface area contributed by atoms with Crippen LogP contribution in [0.1, 0.15) is 17.2 Å². The Balaban J connectivity index is 2.13. The van der Waals surface area contributed by atoms with Gasteiger partial charge in [-0.15, -0.1) is 0 Å². The highest BCUT2D eigenvalue weighted by Crippen LogP contribution is 2.18. The quantitative estimate of drug-likeness (QED) is 0.822. The second-order valence-corrected chi connectivity index (χ2v) is 5.22. The molecule has 0 saturated heterocycles. The number of hydrogen-bond donors (Lipinski definition) is 2. The predicted molar refractivity (Wildman–Crippen MR) is 87.3 cm³/mol. The van der Waals surface area contributed by atoms with Crippen LogP contribution in [0.2, 0.25) is 0 Å². The van der Waals surface area contributed by atoms with Crippen molar-refractivity contribution in [2.75, 3.05) is 13.7 Å². The average molecular weight is 298 g/mol. The zero-order chi connectivity index (χ0) is 15.8. The molecule has 3 N–H and O–H groups in total. The van der Waals surface area contributed by atoms with Gasteiger partial charge in [-0.1, -0.05) is 60.7 Å². The van der Waals surface area contributed by atoms with Crippen LogP contribution in [0.15, 0.2) is 60.7 Å². The molecule has 0 saturated carbocycles. The van der Waals surface area contributed by atoms with E-state index in [2.05, 4.69) is 17.4 Å². The lowest BCUT2D eigenvalue weighted by atomic mass is 9.98. The summed E-state index contributed by atoms with van der Waals surface area (Å²) >= 11 is 0. The van der Waals surface area contributed by atoms with Gasteiger partial charge in [0, 0.05) is 7.11 Å². The van der Waals surface area contributed by atoms with Gasteiger partial charge in [0.05, 0.1) is 12.6 Å². The van der Waals surface area contributed by atoms with Crippen LogP contribution in [-0.4, -0.2) is 25.7 Å². The molecular weight excluding hydrogens is 276 g/mol. The number of methoxy groups -OCH3 is 1. The van der Waals surface area contributed by atoms with Gasteiger partial charge in [-0.3, -0.25) is 4.79 Å². The molecular formula is C18H22N2O2. The summed E-state index contributed by atoms with van der Waals surface area (Å²) < 4.78 is 4.94. The highest BCUT2D eigenvalue weighted by molar-refractivity contribution is 5.82. The van der Waals surface area contributed by atoms with Crippen molar-refractivity contribution in [2.45, 2.75) is 18.5 Å². The maximum atomic E-state index is 12.2. The fraction of sp³-hybridized carbons (Fsp3) is 0.278. The van der Waals surface area contributed by atoms with E-state index in [4.69, 9.17) is 10.5 Å². The van der Waals surface area contributed by atoms with Gasteiger partial charge in [-0.2, -0.15) is 0 Å². The molecule has 2 rings (SSSR count). The zero-order valence-electron chi connectivity index (χ0n) is 12.7. The Morgan fingerprint density at radius 2 is 1.68 bits per heavy atom. The van der Waals surface area contributed by atoms with Crippen LogP contribution in [0, 0.1) is 0 Å². The highest BCUT2D eigenvalue weighted by atomic mass is 16.5. The van der Waals surface area contributed by atoms with Gasteiger partial charge in [0.1, 0.15) is 6.04 Å². The minimum atomic E-state index is -0.660. The first-order valence-electron chi connectivity index (χ1n) is 7.34. The Labute approximate surface area is 131 Å². The van der Waals surface area contributed by atoms with Gasteiger partial charge in [-0.25, -0.2) is 0 Å². The molecule has 0 bridgehead atoms. The van der Waals surface area contributed by atoms with E-state index in [1.165, 1.54) is 7.11 Å². The summed E-state index contributed by atoms with van der Waals surface area (Å²) in [6.45, 7) is 0.207. The number of rotatable bonds is 7. The van der Waals surface area contributed by atoms with Crippen LogP contribution in [0.4, 0.5) is 0 Å². The van der Waals surface area contributed by atoms with Gasteiger partial charge in [0.15, 0.2) is 0 Å². The molecule has 2 unspecified atom stereocenters. The zero-order valence-corrected chi connectivity index (χ0v) is 12.7. The van der Waals surface area contributed by atoms with E-state index in [1.54, 1.807) is 0 Å². The third-order valence-corrected chi connectivity index (χ3v) is 3.48. The van der Waals surface area contributed by atoms with Crippen molar-refractivity contribution in [1.82, 2.24) is 5.32 Å². The van der Waals surface area contributed by atoms with Crippen molar-refractivity contribution in [1.29, 1.82) is 0 Å². The van der Waals surface area contributed by atoms with Gasteiger partial charge >= 0.3 is 0 Å². The number of carbonyl (C=O) groups excluding carboxylic acids is 1. The molecule has 0 aliphatic carbocycles. The van der Waals surface area contributed by atoms with Crippen LogP contribution in [0.3, 0.4) is 0 Å². The van der Waals surface area contributed by atoms with Gasteiger partial charge in [0.2, 0.25) is 5.91 Å². The molecule has 0 spiro atoms. The molecule has 2 atom stereocenters. The van der Waals surface area contributed by atoms with E-state index < -0.39 is 6.04 Å². The lowest BCUT2D eigenvalue weighted by Crippen LogP contribution is -2.45. The third kappa shape index (κ3) is 4.69. The summed E-state index contributed by atoms with van der Waals surface area (Å²) in [4.78, 5) is 12.2. The van der Waals surface area contributed by atoms with E-state index in [1.807, 2.05) is 48.5 Å². The first kappa shape index (κ1) is 16.2. The molecule has 0 aliphatic rings. The van der Waals surface area contributed by atoms with Crippen molar-refractivity contribution < 1.29 is 9.53 Å². The fourth-order valence-electron chi connectivity index (χ4n) is 2.32. The molecule has 0 radical (unpaired) electrons. The summed E-state index contributed by atoms with van der Waals surface area (Å²) in [6, 6.07) is 19.2. The number of nitrogens with one attached hydrogen (secondary N) is 1. The van der Waals surface area contributed by atoms with E-state index in [-0.39, 0.29) is 18.6 Å². The molecule has 0 fully saturated rings. The monoisotopic (exact) mass is 298 g/mol. The molecule has 116 valence electrons. The molecule has 22 heavy (non-hydrogen) atoms. The predicted octanol–water partition coefficient (Wildman–Crippen LogP) is 2.06. The van der Waals surface area contributed by atoms with Crippen LogP contribution in [0.25, 0.3) is 0 Å². The van der Waals surface area contributed by atoms with Crippen LogP contribution in [-0.2, 0) is 16.0 Å². The Morgan fingerprint density at radius 1 is 1.09 bits per heavy atom. The number of ether oxygens (including phenoxy) is 1. The standard InChI is InChI=1S/C18H22N2O2/c1-22-13-16(19)18(21)20-17(15-10-6-3-7-11-15)12-14-8-4-2-5-9-14/h2-11,16-17H,12-13,19H2,1H3,(H,20,21). The van der Waals surface area contributed by atoms with Crippen molar-refractivity contribution in [3.63, 3.8) is 0 Å². The second kappa shape index (κ2) is 8.32. The lowest BCUT2D eigenvalue weighted by molar-refractivity contribution is -0.124. The Bertz CT molecular complexity index is 572. The smallest absolute Gasteiger partial charge is 0.239 e. The Kier molecular flexibility index (Phi) is 6.13. The molecule has 4 heteroatoms. The van der Waals surface area contributed by atoms with Crippen molar-refractivity contribution in [3.05, 3.63) is 71.8 Å². The number of nitrogens with two attached hydrogens (primary N) is 1. The Morgan fingerprint density at radius 3 is 2.27 bits per heavy atom. The normalized spacial score (nSPS) is 13.4. The van der Waals surface area contributed by atoms with Crippen LogP contribution >= 0.6 is 0 Å². The van der Waals surface area contributed by atoms with E-state index in [9.17, 15) is 4.79 Å². The van der Waals surface area contributed by atoms with E-state index >= 15 is 0 Å². The molecule has 0 aromatic heterocycles. The van der Waals surface area contributed by atoms with E-state index in [0.29, 0.717) is 0 Å². The summed E-state index contributed by atoms with van der Waals surface area (Å²) in [6.07, 6.45) is 0.719. The number of carbonyl (C=O) groups is 1. The van der Waals surface area contributed by atoms with Gasteiger partial charge in [-0.05, 0) is 17.5 Å². The van der Waals surface area contributed by atoms with Crippen molar-refractivity contribution >= 4 is 5.91 Å². The summed E-state index contributed by atoms with van der Waals surface area (Å²) in [5.41, 5.74) is 8.03. The molecule has 0 heterocycles. The van der Waals surface area contributed by atoms with Crippen molar-refractivity contribution in [2.24, 2.45) is 5.73 Å². The average Bonchev–Trinajstić information content (AvgIpc) is 2.56. The molecule has 1 amide bonds. The van der Waals surface area contributed by atoms with Crippen LogP contribution in [0.5, 0.6) is 0 Å². The highest BCUT2D eigenvalue weighted by Gasteiger charge is 2.19. The first-order valence-corrected chi connectivity index (χ1v) is 7.34. The second-order valence-electron chi connectivity index (χ2n) is 5.22. The topological polar surface area (TPSA) is 64.3 Å². The minimum Gasteiger partial charge on any atom is -0.383 e. The maximum absolute atomic E-state index is 12.2. The number of benzene rings is 2. The van der Waals surface area contributed by atoms with Gasteiger partial charge in [0.25, 0.3) is 0 Å². The van der Waals surface area contributed by atoms with E-state index in [0.717, 1.165) is 17.5 Å². The summed E-state index contributed by atoms with van der Waals surface area (Å²) in [5, 5.41) is 3.02. The van der Waals surface area contributed by atoms with Gasteiger partial charge < -0.3 is 15.8 Å². The maximum Gasteiger partial charge on any atom is 0.239 e. The minimum absolute atomic E-state index is 0.112. The fourth-order valence-corrected chi connectivity index (χ4v) is 2.32. The third-order valence-electron chi connectivity index (χ3n) is 3.48. The summed E-state index contributed by atoms with van der Waals surface area (Å²) in [7, 11) is 1.53. The molecule has 0 aliphatic heterocycles. The molecule has 2 aromatic carbocycles. The van der Waals surface area contributed by atoms with Crippen molar-refractivity contribution in [3.8, 4) is 0 Å². The SMILES string of the molecule is COCC(N)C(=O)NC(Cc1ccccc1)c1ccccc1. The largest absolute Gasteiger partial charge is 0.383 e. The van der Waals surface area contributed by atoms with Crippen LogP contribution < -0.4 is 11.1 Å². The lowest BCUT2D eigenvalue weighted by Gasteiger charge is -2.21. The molecule has 4 nitrogen and oxygen atoms in total. The molecule has 2 aromatic rings. The summed E-state index contributed by atoms with van der Waals surface area (Å²) in [5.74, 6) is -0.202. The Hall–Kier alpha value is -2.17.